The normalized spacial score (nSPS) is 16.2. The van der Waals surface area contributed by atoms with Crippen molar-refractivity contribution in [1.29, 1.82) is 0 Å². The van der Waals surface area contributed by atoms with Crippen LogP contribution < -0.4 is 4.90 Å². The number of aromatic nitrogens is 4. The van der Waals surface area contributed by atoms with Crippen molar-refractivity contribution < 1.29 is 44.6 Å². The van der Waals surface area contributed by atoms with Gasteiger partial charge < -0.3 is 10.0 Å². The van der Waals surface area contributed by atoms with E-state index in [0.717, 1.165) is 41.1 Å². The highest BCUT2D eigenvalue weighted by Crippen LogP contribution is 2.40. The van der Waals surface area contributed by atoms with E-state index < -0.39 is 60.0 Å². The average molecular weight is 597 g/mol. The van der Waals surface area contributed by atoms with Crippen molar-refractivity contribution >= 4 is 5.95 Å². The summed E-state index contributed by atoms with van der Waals surface area (Å²) in [5.41, 5.74) is -4.14. The summed E-state index contributed by atoms with van der Waals surface area (Å²) < 4.78 is 122. The minimum atomic E-state index is -5.09. The van der Waals surface area contributed by atoms with Crippen LogP contribution in [0.25, 0.3) is 0 Å². The summed E-state index contributed by atoms with van der Waals surface area (Å²) in [5, 5.41) is 20.3. The Balaban J connectivity index is 1.79. The molecular formula is C26H27F9N5O+. The third-order valence-electron chi connectivity index (χ3n) is 7.09. The van der Waals surface area contributed by atoms with Crippen molar-refractivity contribution in [2.45, 2.75) is 69.8 Å². The molecule has 15 heteroatoms. The van der Waals surface area contributed by atoms with Crippen molar-refractivity contribution in [2.24, 2.45) is 13.0 Å². The fourth-order valence-corrected chi connectivity index (χ4v) is 5.08. The van der Waals surface area contributed by atoms with Crippen LogP contribution in [0.5, 0.6) is 0 Å². The average Bonchev–Trinajstić information content (AvgIpc) is 3.33. The predicted molar refractivity (Wildman–Crippen MR) is 130 cm³/mol. The van der Waals surface area contributed by atoms with Crippen LogP contribution in [0.4, 0.5) is 45.5 Å². The molecule has 1 heterocycles. The summed E-state index contributed by atoms with van der Waals surface area (Å²) in [6, 6.07) is 4.03. The molecule has 1 aliphatic rings. The first-order valence-electron chi connectivity index (χ1n) is 12.7. The largest absolute Gasteiger partial charge is 0.439 e. The molecule has 0 bridgehead atoms. The topological polar surface area (TPSA) is 69.7 Å². The third kappa shape index (κ3) is 7.49. The van der Waals surface area contributed by atoms with Gasteiger partial charge in [0, 0.05) is 24.6 Å². The van der Waals surface area contributed by atoms with E-state index in [1.165, 1.54) is 13.1 Å². The molecular weight excluding hydrogens is 569 g/mol. The van der Waals surface area contributed by atoms with E-state index in [9.17, 15) is 39.5 Å². The highest BCUT2D eigenvalue weighted by atomic mass is 19.4. The monoisotopic (exact) mass is 596 g/mol. The highest BCUT2D eigenvalue weighted by Gasteiger charge is 2.38. The Labute approximate surface area is 228 Å². The molecule has 4 rings (SSSR count). The maximum absolute atomic E-state index is 13.7. The Hall–Kier alpha value is -3.36. The summed E-state index contributed by atoms with van der Waals surface area (Å²) in [6.07, 6.45) is -11.6. The fourth-order valence-electron chi connectivity index (χ4n) is 5.08. The summed E-state index contributed by atoms with van der Waals surface area (Å²) in [6.45, 7) is -1.04. The van der Waals surface area contributed by atoms with Crippen molar-refractivity contribution in [2.75, 3.05) is 4.90 Å². The molecule has 6 nitrogen and oxygen atoms in total. The Morgan fingerprint density at radius 1 is 0.829 bits per heavy atom. The van der Waals surface area contributed by atoms with E-state index in [-0.39, 0.29) is 23.5 Å². The quantitative estimate of drug-likeness (QED) is 0.222. The van der Waals surface area contributed by atoms with Gasteiger partial charge in [-0.05, 0) is 59.5 Å². The van der Waals surface area contributed by atoms with Crippen LogP contribution in [0.1, 0.15) is 71.6 Å². The Kier molecular flexibility index (Phi) is 8.58. The molecule has 224 valence electrons. The van der Waals surface area contributed by atoms with E-state index in [4.69, 9.17) is 5.11 Å². The van der Waals surface area contributed by atoms with Gasteiger partial charge in [-0.15, -0.1) is 5.10 Å². The van der Waals surface area contributed by atoms with E-state index in [0.29, 0.717) is 30.5 Å². The van der Waals surface area contributed by atoms with Crippen LogP contribution in [0.2, 0.25) is 0 Å². The van der Waals surface area contributed by atoms with Crippen molar-refractivity contribution in [3.63, 3.8) is 0 Å². The molecule has 1 unspecified atom stereocenters. The number of hydrogen-bond donors (Lipinski definition) is 0. The number of benzene rings is 2. The summed E-state index contributed by atoms with van der Waals surface area (Å²) >= 11 is 0. The van der Waals surface area contributed by atoms with Crippen LogP contribution in [0.3, 0.4) is 0 Å². The van der Waals surface area contributed by atoms with E-state index in [1.54, 1.807) is 0 Å². The van der Waals surface area contributed by atoms with Gasteiger partial charge in [-0.25, -0.2) is 0 Å². The minimum Gasteiger partial charge on any atom is -0.439 e. The van der Waals surface area contributed by atoms with Crippen LogP contribution >= 0.6 is 0 Å². The molecule has 3 aromatic rings. The molecule has 1 atom stereocenters. The Bertz CT molecular complexity index is 1310. The molecule has 2 aromatic carbocycles. The van der Waals surface area contributed by atoms with Crippen molar-refractivity contribution in [3.8, 4) is 0 Å². The molecule has 1 aromatic heterocycles. The van der Waals surface area contributed by atoms with Crippen LogP contribution in [0.15, 0.2) is 36.4 Å². The second-order valence-electron chi connectivity index (χ2n) is 10.1. The fraction of sp³-hybridized carbons (Fsp3) is 0.500. The lowest BCUT2D eigenvalue weighted by molar-refractivity contribution is -0.143. The standard InChI is InChI=1S/C26H26F9N5O/c1-39-37-23(36-38-39)40(13-15-9-19(25(30,31)32)12-20(10-15)26(33,34)35)14-17-11-18(24(27,28)29)7-8-21(17)22(41)16-5-3-2-4-6-16/h7-12,16,22,41H,2-6,13-14H2,1H3/p+1. The van der Waals surface area contributed by atoms with Crippen LogP contribution in [-0.4, -0.2) is 25.3 Å². The first-order valence-corrected chi connectivity index (χ1v) is 12.7. The summed E-state index contributed by atoms with van der Waals surface area (Å²) in [7, 11) is 1.37. The van der Waals surface area contributed by atoms with Crippen LogP contribution in [-0.2, 0) is 38.7 Å². The SMILES string of the molecule is Cn1nnc(N(Cc2cc(C(F)(F)F)cc(C(F)(F)F)c2)Cc2cc(C(F)(F)F)ccc2C([OH2+])C2CCCCC2)n1. The number of halogens is 9. The van der Waals surface area contributed by atoms with Gasteiger partial charge in [0.25, 0.3) is 5.95 Å². The Morgan fingerprint density at radius 2 is 1.41 bits per heavy atom. The lowest BCUT2D eigenvalue weighted by Crippen LogP contribution is -2.26. The van der Waals surface area contributed by atoms with Gasteiger partial charge in [0.15, 0.2) is 6.10 Å². The van der Waals surface area contributed by atoms with Gasteiger partial charge in [-0.3, -0.25) is 0 Å². The van der Waals surface area contributed by atoms with Crippen LogP contribution in [0, 0.1) is 5.92 Å². The summed E-state index contributed by atoms with van der Waals surface area (Å²) in [5.74, 6) is -0.332. The van der Waals surface area contributed by atoms with Gasteiger partial charge >= 0.3 is 18.5 Å². The first-order chi connectivity index (χ1) is 19.0. The first kappa shape index (κ1) is 30.6. The van der Waals surface area contributed by atoms with E-state index >= 15 is 0 Å². The molecule has 0 radical (unpaired) electrons. The smallest absolute Gasteiger partial charge is 0.416 e. The predicted octanol–water partition coefficient (Wildman–Crippen LogP) is 6.82. The zero-order valence-corrected chi connectivity index (χ0v) is 21.7. The number of tetrazole rings is 1. The van der Waals surface area contributed by atoms with Gasteiger partial charge in [-0.1, -0.05) is 30.4 Å². The lowest BCUT2D eigenvalue weighted by atomic mass is 9.81. The molecule has 1 saturated carbocycles. The van der Waals surface area contributed by atoms with Crippen molar-refractivity contribution in [1.82, 2.24) is 20.2 Å². The van der Waals surface area contributed by atoms with E-state index in [2.05, 4.69) is 15.4 Å². The maximum Gasteiger partial charge on any atom is 0.416 e. The number of aryl methyl sites for hydroxylation is 1. The molecule has 2 N–H and O–H groups in total. The lowest BCUT2D eigenvalue weighted by Gasteiger charge is -2.28. The molecule has 0 amide bonds. The molecule has 41 heavy (non-hydrogen) atoms. The number of alkyl halides is 9. The number of rotatable bonds is 7. The second kappa shape index (κ2) is 11.5. The number of anilines is 1. The molecule has 0 spiro atoms. The van der Waals surface area contributed by atoms with Gasteiger partial charge in [0.2, 0.25) is 0 Å². The summed E-state index contributed by atoms with van der Waals surface area (Å²) in [4.78, 5) is 2.15. The molecule has 0 saturated heterocycles. The minimum absolute atomic E-state index is 0.00577. The van der Waals surface area contributed by atoms with Gasteiger partial charge in [-0.2, -0.15) is 44.3 Å². The molecule has 0 aliphatic heterocycles. The van der Waals surface area contributed by atoms with E-state index in [1.807, 2.05) is 0 Å². The van der Waals surface area contributed by atoms with Crippen molar-refractivity contribution in [3.05, 3.63) is 69.8 Å². The maximum atomic E-state index is 13.7. The Morgan fingerprint density at radius 3 is 1.93 bits per heavy atom. The zero-order valence-electron chi connectivity index (χ0n) is 21.7. The second-order valence-corrected chi connectivity index (χ2v) is 10.1. The third-order valence-corrected chi connectivity index (χ3v) is 7.09. The number of hydrogen-bond acceptors (Lipinski definition) is 4. The highest BCUT2D eigenvalue weighted by molar-refractivity contribution is 5.41. The molecule has 1 fully saturated rings. The number of nitrogens with zero attached hydrogens (tertiary/aromatic N) is 5. The van der Waals surface area contributed by atoms with Gasteiger partial charge in [0.1, 0.15) is 0 Å². The zero-order chi connectivity index (χ0) is 30.2. The molecule has 1 aliphatic carbocycles. The van der Waals surface area contributed by atoms with Gasteiger partial charge in [0.05, 0.1) is 23.7 Å².